The van der Waals surface area contributed by atoms with E-state index in [-0.39, 0.29) is 21.7 Å². The molecule has 366 valence electrons. The van der Waals surface area contributed by atoms with E-state index in [1.54, 1.807) is 24.3 Å². The van der Waals surface area contributed by atoms with Crippen LogP contribution in [0.25, 0.3) is 90.9 Å². The number of ether oxygens (including phenoxy) is 2. The SMILES string of the molecule is COC(=O)c1ccc(-c2c3nc(c(-c4cc(C(C)(C)C)cc(C(C)(C)C)c4)c4ccc([nH]4)c(-c4ccc(C(=O)OC)cc4)c4nc(c(-c5cc(C(C)(C)C)cc(C(C)(C)C)c5)c5ccc2[nH]5)C=C4)C=C3)cc1. The third-order valence-corrected chi connectivity index (χ3v) is 13.9. The van der Waals surface area contributed by atoms with E-state index in [4.69, 9.17) is 19.4 Å². The van der Waals surface area contributed by atoms with E-state index in [1.807, 2.05) is 24.3 Å². The first-order chi connectivity index (χ1) is 33.9. The van der Waals surface area contributed by atoms with Gasteiger partial charge in [0.1, 0.15) is 0 Å². The summed E-state index contributed by atoms with van der Waals surface area (Å²) in [4.78, 5) is 44.4. The van der Waals surface area contributed by atoms with Crippen LogP contribution in [0.4, 0.5) is 0 Å². The molecule has 7 aromatic rings. The van der Waals surface area contributed by atoms with Gasteiger partial charge < -0.3 is 19.4 Å². The molecule has 0 spiro atoms. The molecule has 5 heterocycles. The van der Waals surface area contributed by atoms with Crippen molar-refractivity contribution in [2.45, 2.75) is 105 Å². The van der Waals surface area contributed by atoms with Crippen LogP contribution >= 0.6 is 0 Å². The zero-order valence-corrected chi connectivity index (χ0v) is 44.2. The zero-order chi connectivity index (χ0) is 51.7. The molecule has 72 heavy (non-hydrogen) atoms. The molecule has 0 radical (unpaired) electrons. The minimum Gasteiger partial charge on any atom is -0.465 e. The van der Waals surface area contributed by atoms with Crippen LogP contribution in [0.3, 0.4) is 0 Å². The van der Waals surface area contributed by atoms with Crippen LogP contribution in [0.5, 0.6) is 0 Å². The summed E-state index contributed by atoms with van der Waals surface area (Å²) in [6.07, 6.45) is 8.41. The molecule has 2 N–H and O–H groups in total. The minimum atomic E-state index is -0.399. The molecule has 9 rings (SSSR count). The number of carbonyl (C=O) groups excluding carboxylic acids is 2. The Hall–Kier alpha value is -7.58. The van der Waals surface area contributed by atoms with Gasteiger partial charge in [0, 0.05) is 44.3 Å². The first-order valence-corrected chi connectivity index (χ1v) is 24.8. The highest BCUT2D eigenvalue weighted by Crippen LogP contribution is 2.42. The summed E-state index contributed by atoms with van der Waals surface area (Å²) < 4.78 is 10.2. The van der Waals surface area contributed by atoms with E-state index >= 15 is 0 Å². The molecule has 0 aliphatic carbocycles. The van der Waals surface area contributed by atoms with Gasteiger partial charge in [0.05, 0.1) is 48.1 Å². The van der Waals surface area contributed by atoms with Crippen molar-refractivity contribution in [1.29, 1.82) is 0 Å². The Bertz CT molecular complexity index is 3240. The van der Waals surface area contributed by atoms with Gasteiger partial charge in [0.15, 0.2) is 0 Å². The van der Waals surface area contributed by atoms with E-state index in [2.05, 4.69) is 178 Å². The number of H-pyrrole nitrogens is 2. The van der Waals surface area contributed by atoms with Gasteiger partial charge in [-0.2, -0.15) is 0 Å². The van der Waals surface area contributed by atoms with Crippen LogP contribution in [-0.2, 0) is 31.1 Å². The lowest BCUT2D eigenvalue weighted by Gasteiger charge is -2.26. The topological polar surface area (TPSA) is 110 Å². The van der Waals surface area contributed by atoms with Gasteiger partial charge in [-0.05, 0) is 139 Å². The maximum absolute atomic E-state index is 12.7. The second-order valence-corrected chi connectivity index (χ2v) is 23.2. The third-order valence-electron chi connectivity index (χ3n) is 13.9. The summed E-state index contributed by atoms with van der Waals surface area (Å²) in [5.74, 6) is -0.799. The number of benzene rings is 4. The molecule has 2 aliphatic rings. The molecule has 8 heteroatoms. The highest BCUT2D eigenvalue weighted by Gasteiger charge is 2.26. The van der Waals surface area contributed by atoms with Crippen molar-refractivity contribution >= 4 is 58.3 Å². The molecular formula is C64H66N4O4. The number of rotatable bonds is 6. The standard InChI is InChI=1S/C64H66N4O4/c1-61(2,3)43-31-41(32-44(35-43)62(4,5)6)57-51-27-23-47(65-51)55(37-15-19-39(20-16-37)59(69)71-13)49-25-29-53(67-49)58(42-33-45(63(7,8)9)36-46(34-42)64(10,11)12)54-30-26-50(68-54)56(48-24-28-52(57)66-48)38-17-21-40(22-18-38)60(70)72-14/h15-36,65,68H,1-14H3. The van der Waals surface area contributed by atoms with E-state index in [9.17, 15) is 9.59 Å². The van der Waals surface area contributed by atoms with Crippen molar-refractivity contribution in [2.24, 2.45) is 0 Å². The zero-order valence-electron chi connectivity index (χ0n) is 44.2. The first-order valence-electron chi connectivity index (χ1n) is 24.8. The van der Waals surface area contributed by atoms with E-state index in [0.717, 1.165) is 89.4 Å². The van der Waals surface area contributed by atoms with Crippen LogP contribution in [0.15, 0.2) is 109 Å². The van der Waals surface area contributed by atoms with Crippen LogP contribution in [0.2, 0.25) is 0 Å². The smallest absolute Gasteiger partial charge is 0.337 e. The lowest BCUT2D eigenvalue weighted by molar-refractivity contribution is 0.0592. The molecular weight excluding hydrogens is 889 g/mol. The van der Waals surface area contributed by atoms with Gasteiger partial charge in [-0.25, -0.2) is 19.6 Å². The summed E-state index contributed by atoms with van der Waals surface area (Å²) in [5.41, 5.74) is 19.4. The molecule has 0 amide bonds. The van der Waals surface area contributed by atoms with Crippen molar-refractivity contribution in [1.82, 2.24) is 19.9 Å². The van der Waals surface area contributed by atoms with E-state index in [1.165, 1.54) is 36.5 Å². The Balaban J connectivity index is 1.48. The Kier molecular flexibility index (Phi) is 12.5. The number of methoxy groups -OCH3 is 2. The van der Waals surface area contributed by atoms with Crippen molar-refractivity contribution in [3.8, 4) is 44.5 Å². The van der Waals surface area contributed by atoms with E-state index in [0.29, 0.717) is 11.1 Å². The fourth-order valence-corrected chi connectivity index (χ4v) is 9.48. The van der Waals surface area contributed by atoms with Crippen molar-refractivity contribution in [3.05, 3.63) is 165 Å². The Morgan fingerprint density at radius 2 is 0.611 bits per heavy atom. The quantitative estimate of drug-likeness (QED) is 0.161. The average molecular weight is 955 g/mol. The maximum atomic E-state index is 12.7. The third kappa shape index (κ3) is 9.62. The summed E-state index contributed by atoms with van der Waals surface area (Å²) in [5, 5.41) is 0. The van der Waals surface area contributed by atoms with E-state index < -0.39 is 11.9 Å². The van der Waals surface area contributed by atoms with Crippen molar-refractivity contribution in [2.75, 3.05) is 14.2 Å². The number of nitrogens with zero attached hydrogens (tertiary/aromatic N) is 2. The highest BCUT2D eigenvalue weighted by atomic mass is 16.5. The summed E-state index contributed by atoms with van der Waals surface area (Å²) in [7, 11) is 2.79. The van der Waals surface area contributed by atoms with Gasteiger partial charge in [-0.3, -0.25) is 0 Å². The van der Waals surface area contributed by atoms with Crippen molar-refractivity contribution in [3.63, 3.8) is 0 Å². The summed E-state index contributed by atoms with van der Waals surface area (Å²) in [6.45, 7) is 27.1. The van der Waals surface area contributed by atoms with Crippen LogP contribution < -0.4 is 0 Å². The maximum Gasteiger partial charge on any atom is 0.337 e. The Morgan fingerprint density at radius 1 is 0.361 bits per heavy atom. The lowest BCUT2D eigenvalue weighted by Crippen LogP contribution is -2.16. The first kappa shape index (κ1) is 49.4. The predicted molar refractivity (Wildman–Crippen MR) is 298 cm³/mol. The van der Waals surface area contributed by atoms with Gasteiger partial charge in [0.25, 0.3) is 0 Å². The van der Waals surface area contributed by atoms with Gasteiger partial charge in [-0.1, -0.05) is 144 Å². The van der Waals surface area contributed by atoms with Gasteiger partial charge in [-0.15, -0.1) is 0 Å². The van der Waals surface area contributed by atoms with Crippen LogP contribution in [0, 0.1) is 0 Å². The second-order valence-electron chi connectivity index (χ2n) is 23.2. The highest BCUT2D eigenvalue weighted by molar-refractivity contribution is 6.01. The minimum absolute atomic E-state index is 0.139. The molecule has 8 bridgehead atoms. The fourth-order valence-electron chi connectivity index (χ4n) is 9.48. The van der Waals surface area contributed by atoms with Gasteiger partial charge >= 0.3 is 11.9 Å². The van der Waals surface area contributed by atoms with Crippen LogP contribution in [-0.4, -0.2) is 46.1 Å². The Labute approximate surface area is 424 Å². The number of carbonyl (C=O) groups is 2. The largest absolute Gasteiger partial charge is 0.465 e. The van der Waals surface area contributed by atoms with Gasteiger partial charge in [0.2, 0.25) is 0 Å². The fraction of sp³-hybridized carbons (Fsp3) is 0.281. The summed E-state index contributed by atoms with van der Waals surface area (Å²) in [6, 6.07) is 37.5. The molecule has 4 aromatic carbocycles. The molecule has 0 fully saturated rings. The number of hydrogen-bond acceptors (Lipinski definition) is 6. The molecule has 0 atom stereocenters. The van der Waals surface area contributed by atoms with Crippen LogP contribution in [0.1, 0.15) is 149 Å². The average Bonchev–Trinajstić information content (AvgIpc) is 4.19. The lowest BCUT2D eigenvalue weighted by atomic mass is 9.78. The predicted octanol–water partition coefficient (Wildman–Crippen LogP) is 16.1. The normalized spacial score (nSPS) is 12.9. The molecule has 0 saturated heterocycles. The second kappa shape index (κ2) is 18.2. The molecule has 3 aromatic heterocycles. The molecule has 2 aliphatic heterocycles. The number of fused-ring (bicyclic) bond motifs is 8. The summed E-state index contributed by atoms with van der Waals surface area (Å²) >= 11 is 0. The molecule has 8 nitrogen and oxygen atoms in total. The number of esters is 2. The number of aromatic amines is 2. The number of aromatic nitrogens is 4. The number of nitrogens with one attached hydrogen (secondary N) is 2. The number of hydrogen-bond donors (Lipinski definition) is 2. The molecule has 0 unspecified atom stereocenters. The monoisotopic (exact) mass is 955 g/mol. The molecule has 0 saturated carbocycles. The Morgan fingerprint density at radius 3 is 0.847 bits per heavy atom. The van der Waals surface area contributed by atoms with Crippen molar-refractivity contribution < 1.29 is 19.1 Å².